The van der Waals surface area contributed by atoms with Crippen molar-refractivity contribution in [2.75, 3.05) is 7.11 Å². The average Bonchev–Trinajstić information content (AvgIpc) is 3.34. The Morgan fingerprint density at radius 3 is 2.67 bits per heavy atom. The van der Waals surface area contributed by atoms with E-state index in [0.29, 0.717) is 29.5 Å². The molecule has 0 aromatic carbocycles. The third-order valence-corrected chi connectivity index (χ3v) is 10.9. The van der Waals surface area contributed by atoms with Gasteiger partial charge in [-0.2, -0.15) is 4.80 Å². The molecule has 182 valence electrons. The fourth-order valence-electron chi connectivity index (χ4n) is 9.35. The number of rotatable bonds is 5. The first kappa shape index (κ1) is 23.5. The summed E-state index contributed by atoms with van der Waals surface area (Å²) in [6.45, 7) is 6.47. The molecule has 0 saturated heterocycles. The van der Waals surface area contributed by atoms with Gasteiger partial charge >= 0.3 is 0 Å². The molecule has 1 aromatic rings. The molecular formula is C25H41BN4O3. The number of aliphatic hydroxyl groups is 1. The van der Waals surface area contributed by atoms with Crippen molar-refractivity contribution in [2.24, 2.45) is 40.4 Å². The number of hydrogen-bond donors (Lipinski definition) is 1. The van der Waals surface area contributed by atoms with Gasteiger partial charge < -0.3 is 9.84 Å². The first-order chi connectivity index (χ1) is 15.6. The van der Waals surface area contributed by atoms with Gasteiger partial charge in [-0.25, -0.2) is 0 Å². The minimum atomic E-state index is -0.545. The molecule has 4 aliphatic carbocycles. The number of carbonyl (C=O) groups excluding carboxylic acids is 1. The number of aryl methyl sites for hydroxylation is 1. The Bertz CT molecular complexity index is 906. The molecule has 9 atom stereocenters. The molecule has 4 fully saturated rings. The van der Waals surface area contributed by atoms with Crippen LogP contribution in [-0.2, 0) is 16.1 Å². The van der Waals surface area contributed by atoms with Crippen LogP contribution >= 0.6 is 0 Å². The first-order valence-electron chi connectivity index (χ1n) is 13.1. The normalized spacial score (nSPS) is 45.7. The van der Waals surface area contributed by atoms with Crippen molar-refractivity contribution >= 4 is 13.6 Å². The summed E-state index contributed by atoms with van der Waals surface area (Å²) in [5.41, 5.74) is -0.319. The van der Waals surface area contributed by atoms with Crippen LogP contribution in [0.15, 0.2) is 0 Å². The topological polar surface area (TPSA) is 90.1 Å². The standard InChI is InChI=1S/C25H41BN4O3/c1-15-27-29-30(28-15)14-21(31)20-8-7-18-17-6-5-16-13-23(2,32)11-12-25(16,22(26)33-4)19(17)9-10-24(18,20)3/h16-20,22,32H,5-14,26H2,1-4H3/t16-,17+,18+,19+,20-,22-,23-,24+,25?/m1/s1. The van der Waals surface area contributed by atoms with E-state index < -0.39 is 5.60 Å². The molecule has 1 unspecified atom stereocenters. The summed E-state index contributed by atoms with van der Waals surface area (Å²) in [5, 5.41) is 23.1. The van der Waals surface area contributed by atoms with Crippen LogP contribution in [0.1, 0.15) is 77.5 Å². The Kier molecular flexibility index (Phi) is 5.79. The molecule has 7 nitrogen and oxygen atoms in total. The molecule has 0 amide bonds. The van der Waals surface area contributed by atoms with Crippen LogP contribution in [0.5, 0.6) is 0 Å². The summed E-state index contributed by atoms with van der Waals surface area (Å²) in [7, 11) is 4.14. The van der Waals surface area contributed by atoms with Crippen molar-refractivity contribution < 1.29 is 14.6 Å². The van der Waals surface area contributed by atoms with Gasteiger partial charge in [-0.05, 0) is 111 Å². The van der Waals surface area contributed by atoms with E-state index in [1.165, 1.54) is 24.1 Å². The third-order valence-electron chi connectivity index (χ3n) is 10.9. The predicted molar refractivity (Wildman–Crippen MR) is 127 cm³/mol. The number of aromatic nitrogens is 4. The van der Waals surface area contributed by atoms with Crippen LogP contribution in [-0.4, -0.2) is 57.7 Å². The lowest BCUT2D eigenvalue weighted by atomic mass is 9.40. The summed E-state index contributed by atoms with van der Waals surface area (Å²) in [6, 6.07) is 0.205. The van der Waals surface area contributed by atoms with Gasteiger partial charge in [0, 0.05) is 19.0 Å². The zero-order chi connectivity index (χ0) is 23.6. The summed E-state index contributed by atoms with van der Waals surface area (Å²) in [4.78, 5) is 14.9. The van der Waals surface area contributed by atoms with Crippen molar-refractivity contribution in [1.29, 1.82) is 0 Å². The van der Waals surface area contributed by atoms with Crippen LogP contribution in [0.25, 0.3) is 0 Å². The Hall–Kier alpha value is -1.28. The predicted octanol–water partition coefficient (Wildman–Crippen LogP) is 2.55. The van der Waals surface area contributed by atoms with Gasteiger partial charge in [-0.15, -0.1) is 10.2 Å². The Balaban J connectivity index is 1.40. The lowest BCUT2D eigenvalue weighted by Gasteiger charge is -2.64. The summed E-state index contributed by atoms with van der Waals surface area (Å²) in [6.07, 6.45) is 9.66. The number of methoxy groups -OCH3 is 1. The van der Waals surface area contributed by atoms with Gasteiger partial charge in [0.2, 0.25) is 0 Å². The maximum atomic E-state index is 13.4. The number of ketones is 1. The zero-order valence-corrected chi connectivity index (χ0v) is 21.1. The molecule has 1 N–H and O–H groups in total. The second-order valence-corrected chi connectivity index (χ2v) is 12.4. The highest BCUT2D eigenvalue weighted by molar-refractivity contribution is 6.11. The minimum Gasteiger partial charge on any atom is -0.390 e. The summed E-state index contributed by atoms with van der Waals surface area (Å²) < 4.78 is 6.07. The minimum absolute atomic E-state index is 0.0678. The summed E-state index contributed by atoms with van der Waals surface area (Å²) in [5.74, 6) is 3.40. The smallest absolute Gasteiger partial charge is 0.171 e. The number of tetrazole rings is 1. The molecular weight excluding hydrogens is 415 g/mol. The second-order valence-electron chi connectivity index (χ2n) is 12.4. The van der Waals surface area contributed by atoms with Crippen LogP contribution in [0, 0.1) is 47.3 Å². The molecule has 1 aromatic heterocycles. The van der Waals surface area contributed by atoms with Crippen molar-refractivity contribution in [3.05, 3.63) is 5.82 Å². The molecule has 8 heteroatoms. The van der Waals surface area contributed by atoms with Crippen molar-refractivity contribution in [3.63, 3.8) is 0 Å². The van der Waals surface area contributed by atoms with E-state index in [1.807, 2.05) is 14.0 Å². The van der Waals surface area contributed by atoms with Crippen LogP contribution in [0.3, 0.4) is 0 Å². The van der Waals surface area contributed by atoms with Crippen LogP contribution < -0.4 is 0 Å². The Labute approximate surface area is 198 Å². The number of nitrogens with zero attached hydrogens (tertiary/aromatic N) is 4. The number of Topliss-reactive ketones (excluding diaryl/α,β-unsaturated/α-hetero) is 1. The van der Waals surface area contributed by atoms with Gasteiger partial charge in [0.1, 0.15) is 14.4 Å². The van der Waals surface area contributed by atoms with Crippen molar-refractivity contribution in [2.45, 2.75) is 96.7 Å². The van der Waals surface area contributed by atoms with Crippen LogP contribution in [0.2, 0.25) is 0 Å². The SMILES string of the molecule is B[C@H](OC)C12CC[C@@](C)(O)C[C@H]1CC[C@@H]1[C@@H]2CC[C@]2(C)[C@@H](C(=O)Cn3nnc(C)n3)CC[C@@H]12. The Morgan fingerprint density at radius 2 is 1.97 bits per heavy atom. The molecule has 5 rings (SSSR count). The zero-order valence-electron chi connectivity index (χ0n) is 21.1. The van der Waals surface area contributed by atoms with E-state index in [0.717, 1.165) is 38.5 Å². The quantitative estimate of drug-likeness (QED) is 0.685. The van der Waals surface area contributed by atoms with Gasteiger partial charge in [0.05, 0.1) is 5.60 Å². The van der Waals surface area contributed by atoms with Gasteiger partial charge in [-0.1, -0.05) is 6.92 Å². The maximum absolute atomic E-state index is 13.4. The number of fused-ring (bicyclic) bond motifs is 5. The number of ether oxygens (including phenoxy) is 1. The third kappa shape index (κ3) is 3.62. The van der Waals surface area contributed by atoms with E-state index >= 15 is 0 Å². The molecule has 1 heterocycles. The molecule has 4 aliphatic rings. The highest BCUT2D eigenvalue weighted by Gasteiger charge is 2.64. The molecule has 33 heavy (non-hydrogen) atoms. The second kappa shape index (κ2) is 8.15. The van der Waals surface area contributed by atoms with E-state index in [1.54, 1.807) is 6.92 Å². The van der Waals surface area contributed by atoms with Gasteiger partial charge in [0.15, 0.2) is 11.6 Å². The van der Waals surface area contributed by atoms with E-state index in [-0.39, 0.29) is 35.1 Å². The van der Waals surface area contributed by atoms with E-state index in [9.17, 15) is 9.90 Å². The molecule has 0 aliphatic heterocycles. The lowest BCUT2D eigenvalue weighted by molar-refractivity contribution is -0.185. The fraction of sp³-hybridized carbons (Fsp3) is 0.920. The number of carbonyl (C=O) groups is 1. The van der Waals surface area contributed by atoms with Gasteiger partial charge in [0.25, 0.3) is 0 Å². The summed E-state index contributed by atoms with van der Waals surface area (Å²) >= 11 is 0. The monoisotopic (exact) mass is 456 g/mol. The molecule has 0 bridgehead atoms. The van der Waals surface area contributed by atoms with Crippen molar-refractivity contribution in [3.8, 4) is 0 Å². The highest BCUT2D eigenvalue weighted by Crippen LogP contribution is 2.69. The van der Waals surface area contributed by atoms with E-state index in [4.69, 9.17) is 4.74 Å². The molecule has 0 spiro atoms. The van der Waals surface area contributed by atoms with Gasteiger partial charge in [-0.3, -0.25) is 4.79 Å². The largest absolute Gasteiger partial charge is 0.390 e. The molecule has 0 radical (unpaired) electrons. The number of hydrogen-bond acceptors (Lipinski definition) is 6. The first-order valence-corrected chi connectivity index (χ1v) is 13.1. The van der Waals surface area contributed by atoms with E-state index in [2.05, 4.69) is 30.2 Å². The highest BCUT2D eigenvalue weighted by atomic mass is 16.5. The average molecular weight is 456 g/mol. The van der Waals surface area contributed by atoms with Crippen LogP contribution in [0.4, 0.5) is 0 Å². The van der Waals surface area contributed by atoms with Crippen molar-refractivity contribution in [1.82, 2.24) is 20.2 Å². The Morgan fingerprint density at radius 1 is 1.18 bits per heavy atom. The maximum Gasteiger partial charge on any atom is 0.171 e. The molecule has 4 saturated carbocycles. The lowest BCUT2D eigenvalue weighted by Crippen LogP contribution is -2.61. The fourth-order valence-corrected chi connectivity index (χ4v) is 9.35.